The second-order valence-corrected chi connectivity index (χ2v) is 6.11. The fraction of sp³-hybridized carbons (Fsp3) is 0.333. The van der Waals surface area contributed by atoms with E-state index < -0.39 is 0 Å². The number of aromatic nitrogens is 4. The molecule has 0 aliphatic heterocycles. The molecule has 0 spiro atoms. The molecule has 1 amide bonds. The van der Waals surface area contributed by atoms with Gasteiger partial charge in [0.1, 0.15) is 5.01 Å². The van der Waals surface area contributed by atoms with Gasteiger partial charge in [0.05, 0.1) is 17.3 Å². The zero-order chi connectivity index (χ0) is 15.4. The zero-order valence-corrected chi connectivity index (χ0v) is 13.1. The van der Waals surface area contributed by atoms with Crippen molar-refractivity contribution in [1.29, 1.82) is 0 Å². The third-order valence-electron chi connectivity index (χ3n) is 3.40. The predicted molar refractivity (Wildman–Crippen MR) is 87.2 cm³/mol. The molecule has 7 heteroatoms. The monoisotopic (exact) mass is 315 g/mol. The number of anilines is 1. The van der Waals surface area contributed by atoms with Crippen LogP contribution in [0.5, 0.6) is 0 Å². The van der Waals surface area contributed by atoms with E-state index in [9.17, 15) is 4.79 Å². The smallest absolute Gasteiger partial charge is 0.259 e. The molecule has 0 fully saturated rings. The van der Waals surface area contributed by atoms with Gasteiger partial charge in [-0.25, -0.2) is 0 Å². The molecule has 0 saturated heterocycles. The van der Waals surface area contributed by atoms with Gasteiger partial charge < -0.3 is 0 Å². The Labute approximate surface area is 132 Å². The van der Waals surface area contributed by atoms with Gasteiger partial charge in [0.25, 0.3) is 5.91 Å². The minimum Gasteiger partial charge on any atom is -0.296 e. The number of rotatable bonds is 6. The molecule has 3 aromatic rings. The van der Waals surface area contributed by atoms with Crippen LogP contribution < -0.4 is 5.32 Å². The minimum absolute atomic E-state index is 0.203. The lowest BCUT2D eigenvalue weighted by Crippen LogP contribution is -2.12. The van der Waals surface area contributed by atoms with E-state index in [4.69, 9.17) is 0 Å². The number of aryl methyl sites for hydroxylation is 1. The highest BCUT2D eigenvalue weighted by Crippen LogP contribution is 2.20. The van der Waals surface area contributed by atoms with Gasteiger partial charge >= 0.3 is 0 Å². The summed E-state index contributed by atoms with van der Waals surface area (Å²) < 4.78 is 0. The van der Waals surface area contributed by atoms with Crippen LogP contribution in [-0.4, -0.2) is 26.3 Å². The summed E-state index contributed by atoms with van der Waals surface area (Å²) in [6.45, 7) is 2.17. The summed E-state index contributed by atoms with van der Waals surface area (Å²) in [6, 6.07) is 5.51. The normalized spacial score (nSPS) is 11.0. The second kappa shape index (κ2) is 6.65. The Kier molecular flexibility index (Phi) is 4.43. The first-order valence-corrected chi connectivity index (χ1v) is 8.15. The number of para-hydroxylation sites is 1. The quantitative estimate of drug-likeness (QED) is 0.683. The molecular weight excluding hydrogens is 298 g/mol. The van der Waals surface area contributed by atoms with Crippen molar-refractivity contribution in [3.8, 4) is 0 Å². The van der Waals surface area contributed by atoms with Crippen LogP contribution in [0.15, 0.2) is 24.4 Å². The Morgan fingerprint density at radius 1 is 1.32 bits per heavy atom. The largest absolute Gasteiger partial charge is 0.296 e. The Morgan fingerprint density at radius 3 is 3.09 bits per heavy atom. The minimum atomic E-state index is -0.203. The molecular formula is C15H17N5OS. The highest BCUT2D eigenvalue weighted by atomic mass is 32.1. The lowest BCUT2D eigenvalue weighted by Gasteiger charge is -2.02. The molecule has 2 heterocycles. The van der Waals surface area contributed by atoms with Gasteiger partial charge in [-0.05, 0) is 12.5 Å². The average molecular weight is 315 g/mol. The Morgan fingerprint density at radius 2 is 2.23 bits per heavy atom. The molecule has 0 unspecified atom stereocenters. The number of aromatic amines is 1. The first-order valence-electron chi connectivity index (χ1n) is 7.33. The van der Waals surface area contributed by atoms with E-state index in [1.807, 2.05) is 12.1 Å². The average Bonchev–Trinajstić information content (AvgIpc) is 3.16. The maximum atomic E-state index is 12.4. The standard InChI is InChI=1S/C15H17N5OS/c1-2-3-4-8-12-18-20-15(22-12)17-14(21)11-7-5-6-10-9-16-19-13(10)11/h5-7,9H,2-4,8H2,1H3,(H,16,19)(H,17,20,21). The number of carbonyl (C=O) groups is 1. The lowest BCUT2D eigenvalue weighted by atomic mass is 10.1. The van der Waals surface area contributed by atoms with Gasteiger partial charge in [-0.2, -0.15) is 5.10 Å². The maximum absolute atomic E-state index is 12.4. The predicted octanol–water partition coefficient (Wildman–Crippen LogP) is 3.40. The fourth-order valence-corrected chi connectivity index (χ4v) is 3.03. The van der Waals surface area contributed by atoms with E-state index in [-0.39, 0.29) is 5.91 Å². The van der Waals surface area contributed by atoms with Gasteiger partial charge in [-0.15, -0.1) is 10.2 Å². The van der Waals surface area contributed by atoms with E-state index in [0.717, 1.165) is 28.8 Å². The summed E-state index contributed by atoms with van der Waals surface area (Å²) in [4.78, 5) is 12.4. The van der Waals surface area contributed by atoms with E-state index in [2.05, 4.69) is 32.6 Å². The van der Waals surface area contributed by atoms with Gasteiger partial charge in [-0.3, -0.25) is 15.2 Å². The van der Waals surface area contributed by atoms with Crippen molar-refractivity contribution in [3.05, 3.63) is 35.0 Å². The van der Waals surface area contributed by atoms with Gasteiger partial charge in [0.15, 0.2) is 0 Å². The van der Waals surface area contributed by atoms with E-state index in [1.54, 1.807) is 12.3 Å². The lowest BCUT2D eigenvalue weighted by molar-refractivity contribution is 0.102. The molecule has 0 radical (unpaired) electrons. The Hall–Kier alpha value is -2.28. The van der Waals surface area contributed by atoms with Crippen molar-refractivity contribution in [2.24, 2.45) is 0 Å². The number of nitrogens with zero attached hydrogens (tertiary/aromatic N) is 3. The van der Waals surface area contributed by atoms with E-state index >= 15 is 0 Å². The van der Waals surface area contributed by atoms with Crippen molar-refractivity contribution in [1.82, 2.24) is 20.4 Å². The van der Waals surface area contributed by atoms with Crippen LogP contribution in [-0.2, 0) is 6.42 Å². The number of nitrogens with one attached hydrogen (secondary N) is 2. The highest BCUT2D eigenvalue weighted by Gasteiger charge is 2.13. The summed E-state index contributed by atoms with van der Waals surface area (Å²) in [5.41, 5.74) is 1.28. The van der Waals surface area contributed by atoms with E-state index in [0.29, 0.717) is 10.7 Å². The summed E-state index contributed by atoms with van der Waals surface area (Å²) in [5, 5.41) is 20.2. The molecule has 1 aromatic carbocycles. The molecule has 6 nitrogen and oxygen atoms in total. The van der Waals surface area contributed by atoms with Crippen LogP contribution in [0.2, 0.25) is 0 Å². The van der Waals surface area contributed by atoms with Crippen LogP contribution in [0.25, 0.3) is 10.9 Å². The third kappa shape index (κ3) is 3.14. The van der Waals surface area contributed by atoms with Gasteiger partial charge in [0.2, 0.25) is 5.13 Å². The number of benzene rings is 1. The Balaban J connectivity index is 1.70. The number of fused-ring (bicyclic) bond motifs is 1. The van der Waals surface area contributed by atoms with Crippen LogP contribution in [0, 0.1) is 0 Å². The topological polar surface area (TPSA) is 83.6 Å². The zero-order valence-electron chi connectivity index (χ0n) is 12.3. The Bertz CT molecular complexity index is 779. The summed E-state index contributed by atoms with van der Waals surface area (Å²) in [6.07, 6.45) is 6.08. The van der Waals surface area contributed by atoms with Crippen molar-refractivity contribution >= 4 is 33.3 Å². The first-order chi connectivity index (χ1) is 10.8. The number of carbonyl (C=O) groups excluding carboxylic acids is 1. The molecule has 0 aliphatic carbocycles. The van der Waals surface area contributed by atoms with E-state index in [1.165, 1.54) is 24.2 Å². The third-order valence-corrected chi connectivity index (χ3v) is 4.30. The van der Waals surface area contributed by atoms with Crippen molar-refractivity contribution in [3.63, 3.8) is 0 Å². The van der Waals surface area contributed by atoms with Crippen LogP contribution in [0.1, 0.15) is 41.6 Å². The fourth-order valence-electron chi connectivity index (χ4n) is 2.25. The molecule has 2 N–H and O–H groups in total. The summed E-state index contributed by atoms with van der Waals surface area (Å²) in [5.74, 6) is -0.203. The van der Waals surface area contributed by atoms with Crippen molar-refractivity contribution < 1.29 is 4.79 Å². The number of H-pyrrole nitrogens is 1. The van der Waals surface area contributed by atoms with Crippen molar-refractivity contribution in [2.45, 2.75) is 32.6 Å². The summed E-state index contributed by atoms with van der Waals surface area (Å²) in [7, 11) is 0. The summed E-state index contributed by atoms with van der Waals surface area (Å²) >= 11 is 1.43. The number of amides is 1. The molecule has 22 heavy (non-hydrogen) atoms. The molecule has 0 saturated carbocycles. The maximum Gasteiger partial charge on any atom is 0.259 e. The van der Waals surface area contributed by atoms with Crippen LogP contribution in [0.3, 0.4) is 0 Å². The molecule has 0 atom stereocenters. The highest BCUT2D eigenvalue weighted by molar-refractivity contribution is 7.15. The SMILES string of the molecule is CCCCCc1nnc(NC(=O)c2cccc3cn[nH]c23)s1. The van der Waals surface area contributed by atoms with Gasteiger partial charge in [0, 0.05) is 11.8 Å². The molecule has 0 aliphatic rings. The molecule has 3 rings (SSSR count). The number of hydrogen-bond donors (Lipinski definition) is 2. The molecule has 114 valence electrons. The second-order valence-electron chi connectivity index (χ2n) is 5.05. The molecule has 0 bridgehead atoms. The number of unbranched alkanes of at least 4 members (excludes halogenated alkanes) is 2. The van der Waals surface area contributed by atoms with Crippen LogP contribution in [0.4, 0.5) is 5.13 Å². The number of hydrogen-bond acceptors (Lipinski definition) is 5. The van der Waals surface area contributed by atoms with Gasteiger partial charge in [-0.1, -0.05) is 43.2 Å². The molecule has 2 aromatic heterocycles. The van der Waals surface area contributed by atoms with Crippen molar-refractivity contribution in [2.75, 3.05) is 5.32 Å². The van der Waals surface area contributed by atoms with Crippen LogP contribution >= 0.6 is 11.3 Å². The first kappa shape index (κ1) is 14.6.